The van der Waals surface area contributed by atoms with Crippen molar-refractivity contribution >= 4 is 11.7 Å². The number of halogens is 1. The molecule has 3 heterocycles. The van der Waals surface area contributed by atoms with Gasteiger partial charge in [-0.1, -0.05) is 0 Å². The molecule has 23 heavy (non-hydrogen) atoms. The molecule has 2 aromatic rings. The first-order valence-corrected chi connectivity index (χ1v) is 7.58. The minimum absolute atomic E-state index is 0.186. The van der Waals surface area contributed by atoms with E-state index in [0.717, 1.165) is 30.7 Å². The predicted molar refractivity (Wildman–Crippen MR) is 83.7 cm³/mol. The van der Waals surface area contributed by atoms with Crippen LogP contribution < -0.4 is 4.90 Å². The van der Waals surface area contributed by atoms with Crippen LogP contribution in [0.2, 0.25) is 0 Å². The Bertz CT molecular complexity index is 691. The van der Waals surface area contributed by atoms with Crippen molar-refractivity contribution in [2.75, 3.05) is 31.1 Å². The zero-order valence-electron chi connectivity index (χ0n) is 12.9. The highest BCUT2D eigenvalue weighted by atomic mass is 19.1. The highest BCUT2D eigenvalue weighted by Gasteiger charge is 2.21. The van der Waals surface area contributed by atoms with Gasteiger partial charge in [0.05, 0.1) is 17.5 Å². The number of hydrogen-bond acceptors (Lipinski definition) is 5. The van der Waals surface area contributed by atoms with Crippen molar-refractivity contribution in [2.24, 2.45) is 0 Å². The number of carbonyl (C=O) groups excluding carboxylic acids is 1. The standard InChI is InChI=1S/C16H18FN5O/c1-12-3-4-15(20-19-12)21-5-2-6-22(8-7-21)16(23)13-9-14(17)11-18-10-13/h3-4,9-11H,2,5-8H2,1H3. The summed E-state index contributed by atoms with van der Waals surface area (Å²) in [6.45, 7) is 4.57. The summed E-state index contributed by atoms with van der Waals surface area (Å²) in [4.78, 5) is 20.1. The van der Waals surface area contributed by atoms with Gasteiger partial charge in [0.15, 0.2) is 5.82 Å². The van der Waals surface area contributed by atoms with Gasteiger partial charge in [0.25, 0.3) is 5.91 Å². The first-order chi connectivity index (χ1) is 11.1. The molecule has 2 aromatic heterocycles. The number of anilines is 1. The normalized spacial score (nSPS) is 15.4. The van der Waals surface area contributed by atoms with Gasteiger partial charge in [-0.05, 0) is 31.5 Å². The lowest BCUT2D eigenvalue weighted by atomic mass is 10.2. The van der Waals surface area contributed by atoms with Crippen LogP contribution in [0, 0.1) is 12.7 Å². The first kappa shape index (κ1) is 15.3. The maximum absolute atomic E-state index is 13.2. The minimum atomic E-state index is -0.498. The average Bonchev–Trinajstić information content (AvgIpc) is 2.81. The fourth-order valence-electron chi connectivity index (χ4n) is 2.62. The van der Waals surface area contributed by atoms with Crippen molar-refractivity contribution in [3.63, 3.8) is 0 Å². The largest absolute Gasteiger partial charge is 0.353 e. The molecule has 0 N–H and O–H groups in total. The lowest BCUT2D eigenvalue weighted by Gasteiger charge is -2.22. The van der Waals surface area contributed by atoms with E-state index in [-0.39, 0.29) is 11.5 Å². The molecular formula is C16H18FN5O. The number of amides is 1. The van der Waals surface area contributed by atoms with E-state index in [2.05, 4.69) is 20.1 Å². The van der Waals surface area contributed by atoms with Crippen LogP contribution in [0.1, 0.15) is 22.5 Å². The van der Waals surface area contributed by atoms with Gasteiger partial charge in [0.2, 0.25) is 0 Å². The molecule has 0 aliphatic carbocycles. The van der Waals surface area contributed by atoms with Gasteiger partial charge < -0.3 is 9.80 Å². The molecular weight excluding hydrogens is 297 g/mol. The quantitative estimate of drug-likeness (QED) is 0.843. The van der Waals surface area contributed by atoms with E-state index >= 15 is 0 Å². The van der Waals surface area contributed by atoms with E-state index < -0.39 is 5.82 Å². The molecule has 0 spiro atoms. The van der Waals surface area contributed by atoms with Gasteiger partial charge in [-0.3, -0.25) is 9.78 Å². The molecule has 0 atom stereocenters. The minimum Gasteiger partial charge on any atom is -0.353 e. The van der Waals surface area contributed by atoms with Gasteiger partial charge in [-0.25, -0.2) is 4.39 Å². The molecule has 0 saturated carbocycles. The molecule has 7 heteroatoms. The third kappa shape index (κ3) is 3.61. The Morgan fingerprint density at radius 1 is 1.13 bits per heavy atom. The molecule has 1 amide bonds. The molecule has 6 nitrogen and oxygen atoms in total. The Hall–Kier alpha value is -2.57. The summed E-state index contributed by atoms with van der Waals surface area (Å²) in [5.74, 6) is 0.133. The van der Waals surface area contributed by atoms with Crippen LogP contribution in [-0.4, -0.2) is 52.2 Å². The molecule has 0 bridgehead atoms. The van der Waals surface area contributed by atoms with Crippen molar-refractivity contribution in [3.05, 3.63) is 47.7 Å². The van der Waals surface area contributed by atoms with Crippen LogP contribution in [0.5, 0.6) is 0 Å². The summed E-state index contributed by atoms with van der Waals surface area (Å²) >= 11 is 0. The molecule has 1 aliphatic heterocycles. The lowest BCUT2D eigenvalue weighted by molar-refractivity contribution is 0.0766. The third-order valence-electron chi connectivity index (χ3n) is 3.84. The van der Waals surface area contributed by atoms with Gasteiger partial charge in [-0.2, -0.15) is 5.10 Å². The van der Waals surface area contributed by atoms with Crippen molar-refractivity contribution < 1.29 is 9.18 Å². The maximum Gasteiger partial charge on any atom is 0.255 e. The molecule has 1 fully saturated rings. The Balaban J connectivity index is 1.68. The molecule has 0 unspecified atom stereocenters. The van der Waals surface area contributed by atoms with E-state index in [4.69, 9.17) is 0 Å². The number of rotatable bonds is 2. The van der Waals surface area contributed by atoms with Crippen LogP contribution in [-0.2, 0) is 0 Å². The Kier molecular flexibility index (Phi) is 4.45. The summed E-state index contributed by atoms with van der Waals surface area (Å²) < 4.78 is 13.2. The Morgan fingerprint density at radius 2 is 2.00 bits per heavy atom. The highest BCUT2D eigenvalue weighted by molar-refractivity contribution is 5.94. The smallest absolute Gasteiger partial charge is 0.255 e. The van der Waals surface area contributed by atoms with Crippen LogP contribution in [0.15, 0.2) is 30.6 Å². The fraction of sp³-hybridized carbons (Fsp3) is 0.375. The molecule has 1 aliphatic rings. The number of aromatic nitrogens is 3. The number of hydrogen-bond donors (Lipinski definition) is 0. The summed E-state index contributed by atoms with van der Waals surface area (Å²) in [5, 5.41) is 8.27. The maximum atomic E-state index is 13.2. The van der Waals surface area contributed by atoms with E-state index in [1.54, 1.807) is 4.90 Å². The molecule has 3 rings (SSSR count). The van der Waals surface area contributed by atoms with E-state index in [1.165, 1.54) is 12.3 Å². The summed E-state index contributed by atoms with van der Waals surface area (Å²) in [7, 11) is 0. The molecule has 0 aromatic carbocycles. The SMILES string of the molecule is Cc1ccc(N2CCCN(C(=O)c3cncc(F)c3)CC2)nn1. The van der Waals surface area contributed by atoms with E-state index in [1.807, 2.05) is 19.1 Å². The second kappa shape index (κ2) is 6.68. The predicted octanol–water partition coefficient (Wildman–Crippen LogP) is 1.67. The zero-order chi connectivity index (χ0) is 16.2. The number of pyridine rings is 1. The highest BCUT2D eigenvalue weighted by Crippen LogP contribution is 2.14. The van der Waals surface area contributed by atoms with E-state index in [9.17, 15) is 9.18 Å². The zero-order valence-corrected chi connectivity index (χ0v) is 12.9. The summed E-state index contributed by atoms with van der Waals surface area (Å²) in [6, 6.07) is 5.09. The van der Waals surface area contributed by atoms with Crippen molar-refractivity contribution in [1.82, 2.24) is 20.1 Å². The number of carbonyl (C=O) groups is 1. The van der Waals surface area contributed by atoms with Gasteiger partial charge >= 0.3 is 0 Å². The Morgan fingerprint density at radius 3 is 2.74 bits per heavy atom. The van der Waals surface area contributed by atoms with Crippen molar-refractivity contribution in [1.29, 1.82) is 0 Å². The average molecular weight is 315 g/mol. The topological polar surface area (TPSA) is 62.2 Å². The van der Waals surface area contributed by atoms with E-state index in [0.29, 0.717) is 19.6 Å². The molecule has 0 radical (unpaired) electrons. The molecule has 1 saturated heterocycles. The summed E-state index contributed by atoms with van der Waals surface area (Å²) in [6.07, 6.45) is 3.32. The van der Waals surface area contributed by atoms with Crippen LogP contribution in [0.3, 0.4) is 0 Å². The van der Waals surface area contributed by atoms with Gasteiger partial charge in [0.1, 0.15) is 5.82 Å². The van der Waals surface area contributed by atoms with Crippen LogP contribution >= 0.6 is 0 Å². The van der Waals surface area contributed by atoms with Crippen LogP contribution in [0.25, 0.3) is 0 Å². The summed E-state index contributed by atoms with van der Waals surface area (Å²) in [5.41, 5.74) is 1.16. The number of nitrogens with zero attached hydrogens (tertiary/aromatic N) is 5. The molecule has 120 valence electrons. The second-order valence-corrected chi connectivity index (χ2v) is 5.56. The fourth-order valence-corrected chi connectivity index (χ4v) is 2.62. The van der Waals surface area contributed by atoms with Gasteiger partial charge in [-0.15, -0.1) is 5.10 Å². The number of aryl methyl sites for hydroxylation is 1. The first-order valence-electron chi connectivity index (χ1n) is 7.58. The monoisotopic (exact) mass is 315 g/mol. The lowest BCUT2D eigenvalue weighted by Crippen LogP contribution is -2.35. The van der Waals surface area contributed by atoms with Crippen molar-refractivity contribution in [2.45, 2.75) is 13.3 Å². The second-order valence-electron chi connectivity index (χ2n) is 5.56. The van der Waals surface area contributed by atoms with Crippen LogP contribution in [0.4, 0.5) is 10.2 Å². The third-order valence-corrected chi connectivity index (χ3v) is 3.84. The van der Waals surface area contributed by atoms with Gasteiger partial charge in [0, 0.05) is 32.4 Å². The Labute approximate surface area is 134 Å². The van der Waals surface area contributed by atoms with Crippen molar-refractivity contribution in [3.8, 4) is 0 Å².